The molecule has 2 aliphatic rings. The number of hydrogen-bond donors (Lipinski definition) is 0. The van der Waals surface area contributed by atoms with Crippen LogP contribution in [0.15, 0.2) is 18.2 Å². The topological polar surface area (TPSA) is 6.48 Å². The second kappa shape index (κ2) is 6.18. The summed E-state index contributed by atoms with van der Waals surface area (Å²) in [5.41, 5.74) is 2.53. The van der Waals surface area contributed by atoms with Crippen molar-refractivity contribution in [1.82, 2.24) is 4.90 Å². The van der Waals surface area contributed by atoms with Crippen molar-refractivity contribution in [3.05, 3.63) is 28.8 Å². The molecule has 2 aliphatic heterocycles. The van der Waals surface area contributed by atoms with Gasteiger partial charge in [0.05, 0.1) is 10.7 Å². The maximum Gasteiger partial charge on any atom is 0.0639 e. The minimum Gasteiger partial charge on any atom is -0.364 e. The third kappa shape index (κ3) is 3.07. The van der Waals surface area contributed by atoms with Crippen molar-refractivity contribution < 1.29 is 0 Å². The summed E-state index contributed by atoms with van der Waals surface area (Å²) in [7, 11) is 0. The molecule has 2 heterocycles. The molecular weight excluding hydrogens is 280 g/mol. The summed E-state index contributed by atoms with van der Waals surface area (Å²) in [4.78, 5) is 5.31. The molecule has 2 fully saturated rings. The van der Waals surface area contributed by atoms with Gasteiger partial charge in [-0.1, -0.05) is 37.9 Å². The molecule has 1 aromatic rings. The number of aryl methyl sites for hydroxylation is 1. The first-order chi connectivity index (χ1) is 10.1. The van der Waals surface area contributed by atoms with Crippen molar-refractivity contribution in [3.8, 4) is 0 Å². The molecule has 0 aliphatic carbocycles. The van der Waals surface area contributed by atoms with Gasteiger partial charge >= 0.3 is 0 Å². The Labute approximate surface area is 134 Å². The third-order valence-corrected chi connectivity index (χ3v) is 5.48. The number of rotatable bonds is 2. The van der Waals surface area contributed by atoms with Crippen LogP contribution in [0.4, 0.5) is 5.69 Å². The van der Waals surface area contributed by atoms with E-state index in [9.17, 15) is 0 Å². The number of benzene rings is 1. The van der Waals surface area contributed by atoms with Crippen LogP contribution >= 0.6 is 11.6 Å². The summed E-state index contributed by atoms with van der Waals surface area (Å²) < 4.78 is 0. The fourth-order valence-corrected chi connectivity index (χ4v) is 4.13. The second-order valence-corrected chi connectivity index (χ2v) is 7.47. The van der Waals surface area contributed by atoms with Gasteiger partial charge in [0.25, 0.3) is 0 Å². The first kappa shape index (κ1) is 15.2. The Kier molecular flexibility index (Phi) is 4.46. The number of anilines is 1. The third-order valence-electron chi connectivity index (χ3n) is 5.16. The van der Waals surface area contributed by atoms with Gasteiger partial charge in [-0.3, -0.25) is 4.90 Å². The summed E-state index contributed by atoms with van der Waals surface area (Å²) in [6.07, 6.45) is 4.08. The van der Waals surface area contributed by atoms with E-state index in [4.69, 9.17) is 11.6 Å². The first-order valence-corrected chi connectivity index (χ1v) is 8.71. The van der Waals surface area contributed by atoms with Crippen LogP contribution in [-0.4, -0.2) is 36.6 Å². The summed E-state index contributed by atoms with van der Waals surface area (Å²) in [5, 5.41) is 0.899. The quantitative estimate of drug-likeness (QED) is 0.801. The molecule has 2 atom stereocenters. The zero-order valence-corrected chi connectivity index (χ0v) is 14.2. The van der Waals surface area contributed by atoms with Crippen molar-refractivity contribution in [2.45, 2.75) is 52.1 Å². The highest BCUT2D eigenvalue weighted by Crippen LogP contribution is 2.35. The van der Waals surface area contributed by atoms with Crippen LogP contribution in [0.25, 0.3) is 0 Å². The molecule has 3 rings (SSSR count). The molecule has 0 amide bonds. The minimum atomic E-state index is 0.568. The molecule has 2 saturated heterocycles. The van der Waals surface area contributed by atoms with Crippen molar-refractivity contribution in [2.24, 2.45) is 5.92 Å². The number of halogens is 1. The molecule has 0 aromatic heterocycles. The standard InChI is InChI=1S/C18H27ClN2/c1-13(2)18-12-20-9-5-4-6-15(20)11-21(18)17-10-14(3)7-8-16(17)19/h7-8,10,13,15,18H,4-6,9,11-12H2,1-3H3. The summed E-state index contributed by atoms with van der Waals surface area (Å²) in [6.45, 7) is 10.4. The highest BCUT2D eigenvalue weighted by atomic mass is 35.5. The largest absolute Gasteiger partial charge is 0.364 e. The van der Waals surface area contributed by atoms with Crippen LogP contribution in [0.1, 0.15) is 38.7 Å². The lowest BCUT2D eigenvalue weighted by atomic mass is 9.91. The number of nitrogens with zero attached hydrogens (tertiary/aromatic N) is 2. The Morgan fingerprint density at radius 2 is 2.00 bits per heavy atom. The maximum absolute atomic E-state index is 6.52. The average Bonchev–Trinajstić information content (AvgIpc) is 2.48. The molecule has 2 nitrogen and oxygen atoms in total. The maximum atomic E-state index is 6.52. The minimum absolute atomic E-state index is 0.568. The lowest BCUT2D eigenvalue weighted by Crippen LogP contribution is -2.61. The van der Waals surface area contributed by atoms with Crippen LogP contribution < -0.4 is 4.90 Å². The predicted octanol–water partition coefficient (Wildman–Crippen LogP) is 4.35. The average molecular weight is 307 g/mol. The molecule has 0 saturated carbocycles. The Bertz CT molecular complexity index is 500. The Hall–Kier alpha value is -0.730. The molecule has 0 N–H and O–H groups in total. The van der Waals surface area contributed by atoms with Gasteiger partial charge in [0.15, 0.2) is 0 Å². The molecule has 0 spiro atoms. The van der Waals surface area contributed by atoms with E-state index < -0.39 is 0 Å². The molecular formula is C18H27ClN2. The van der Waals surface area contributed by atoms with E-state index in [1.807, 2.05) is 0 Å². The molecule has 1 aromatic carbocycles. The number of hydrogen-bond acceptors (Lipinski definition) is 2. The van der Waals surface area contributed by atoms with Crippen LogP contribution in [0.2, 0.25) is 5.02 Å². The molecule has 0 radical (unpaired) electrons. The van der Waals surface area contributed by atoms with E-state index in [1.165, 1.54) is 43.6 Å². The van der Waals surface area contributed by atoms with Gasteiger partial charge in [-0.2, -0.15) is 0 Å². The van der Waals surface area contributed by atoms with E-state index >= 15 is 0 Å². The molecule has 21 heavy (non-hydrogen) atoms. The first-order valence-electron chi connectivity index (χ1n) is 8.33. The predicted molar refractivity (Wildman–Crippen MR) is 91.4 cm³/mol. The summed E-state index contributed by atoms with van der Waals surface area (Å²) >= 11 is 6.52. The Balaban J connectivity index is 1.91. The highest BCUT2D eigenvalue weighted by molar-refractivity contribution is 6.33. The summed E-state index contributed by atoms with van der Waals surface area (Å²) in [5.74, 6) is 0.643. The highest BCUT2D eigenvalue weighted by Gasteiger charge is 2.36. The van der Waals surface area contributed by atoms with Gasteiger partial charge in [0, 0.05) is 25.2 Å². The van der Waals surface area contributed by atoms with Crippen molar-refractivity contribution in [1.29, 1.82) is 0 Å². The van der Waals surface area contributed by atoms with Gasteiger partial charge in [-0.15, -0.1) is 0 Å². The SMILES string of the molecule is Cc1ccc(Cl)c(N2CC3CCCCN3CC2C(C)C)c1. The van der Waals surface area contributed by atoms with Crippen molar-refractivity contribution >= 4 is 17.3 Å². The van der Waals surface area contributed by atoms with Crippen LogP contribution in [-0.2, 0) is 0 Å². The number of piperazine rings is 1. The van der Waals surface area contributed by atoms with Crippen molar-refractivity contribution in [3.63, 3.8) is 0 Å². The van der Waals surface area contributed by atoms with Gasteiger partial charge < -0.3 is 4.90 Å². The van der Waals surface area contributed by atoms with Gasteiger partial charge in [0.1, 0.15) is 0 Å². The van der Waals surface area contributed by atoms with Crippen LogP contribution in [0, 0.1) is 12.8 Å². The summed E-state index contributed by atoms with van der Waals surface area (Å²) in [6, 6.07) is 7.70. The van der Waals surface area contributed by atoms with E-state index in [2.05, 4.69) is 48.8 Å². The van der Waals surface area contributed by atoms with E-state index in [-0.39, 0.29) is 0 Å². The molecule has 116 valence electrons. The molecule has 2 unspecified atom stereocenters. The van der Waals surface area contributed by atoms with Gasteiger partial charge in [-0.25, -0.2) is 0 Å². The number of fused-ring (bicyclic) bond motifs is 1. The lowest BCUT2D eigenvalue weighted by Gasteiger charge is -2.51. The number of piperidine rings is 1. The molecule has 0 bridgehead atoms. The van der Waals surface area contributed by atoms with Gasteiger partial charge in [-0.05, 0) is 49.9 Å². The lowest BCUT2D eigenvalue weighted by molar-refractivity contribution is 0.100. The van der Waals surface area contributed by atoms with Crippen LogP contribution in [0.5, 0.6) is 0 Å². The molecule has 3 heteroatoms. The van der Waals surface area contributed by atoms with E-state index in [0.29, 0.717) is 18.0 Å². The zero-order valence-electron chi connectivity index (χ0n) is 13.5. The fourth-order valence-electron chi connectivity index (χ4n) is 3.90. The Morgan fingerprint density at radius 1 is 1.19 bits per heavy atom. The normalized spacial score (nSPS) is 27.0. The monoisotopic (exact) mass is 306 g/mol. The fraction of sp³-hybridized carbons (Fsp3) is 0.667. The van der Waals surface area contributed by atoms with Crippen molar-refractivity contribution in [2.75, 3.05) is 24.5 Å². The van der Waals surface area contributed by atoms with E-state index in [1.54, 1.807) is 0 Å². The zero-order chi connectivity index (χ0) is 15.0. The van der Waals surface area contributed by atoms with Gasteiger partial charge in [0.2, 0.25) is 0 Å². The van der Waals surface area contributed by atoms with Crippen LogP contribution in [0.3, 0.4) is 0 Å². The smallest absolute Gasteiger partial charge is 0.0639 e. The Morgan fingerprint density at radius 3 is 2.76 bits per heavy atom. The second-order valence-electron chi connectivity index (χ2n) is 7.06. The van der Waals surface area contributed by atoms with E-state index in [0.717, 1.165) is 11.6 Å².